The molecule has 2 saturated heterocycles. The van der Waals surface area contributed by atoms with Crippen molar-refractivity contribution in [3.05, 3.63) is 0 Å². The highest BCUT2D eigenvalue weighted by Gasteiger charge is 2.39. The number of nitrogens with zero attached hydrogens (tertiary/aromatic N) is 2. The van der Waals surface area contributed by atoms with Crippen molar-refractivity contribution < 1.29 is 23.1 Å². The van der Waals surface area contributed by atoms with Gasteiger partial charge < -0.3 is 15.3 Å². The van der Waals surface area contributed by atoms with E-state index in [-0.39, 0.29) is 17.9 Å². The van der Waals surface area contributed by atoms with Crippen LogP contribution in [-0.4, -0.2) is 72.0 Å². The lowest BCUT2D eigenvalue weighted by molar-refractivity contribution is -0.148. The zero-order valence-electron chi connectivity index (χ0n) is 13.7. The van der Waals surface area contributed by atoms with Crippen molar-refractivity contribution in [3.8, 4) is 0 Å². The quantitative estimate of drug-likeness (QED) is 0.821. The van der Waals surface area contributed by atoms with Gasteiger partial charge in [0.05, 0.1) is 12.1 Å². The lowest BCUT2D eigenvalue weighted by Gasteiger charge is -2.45. The van der Waals surface area contributed by atoms with Gasteiger partial charge in [0, 0.05) is 25.6 Å². The van der Waals surface area contributed by atoms with Crippen LogP contribution in [0.4, 0.5) is 18.0 Å². The average Bonchev–Trinajstić information content (AvgIpc) is 2.32. The molecule has 0 aromatic heterocycles. The van der Waals surface area contributed by atoms with Crippen LogP contribution in [0.5, 0.6) is 0 Å². The van der Waals surface area contributed by atoms with Gasteiger partial charge >= 0.3 is 12.2 Å². The van der Waals surface area contributed by atoms with E-state index in [0.29, 0.717) is 45.6 Å². The Labute approximate surface area is 134 Å². The van der Waals surface area contributed by atoms with Crippen LogP contribution in [0, 0.1) is 11.8 Å². The molecule has 2 aliphatic heterocycles. The molecule has 134 valence electrons. The van der Waals surface area contributed by atoms with Gasteiger partial charge in [-0.15, -0.1) is 0 Å². The SMILES string of the molecule is CC(C)(O)C1CN(C(=O)NCC2CCN(CC(F)(F)F)CC2)C1. The Kier molecular flexibility index (Phi) is 5.45. The monoisotopic (exact) mass is 337 g/mol. The lowest BCUT2D eigenvalue weighted by Crippen LogP contribution is -2.60. The number of urea groups is 1. The van der Waals surface area contributed by atoms with Crippen molar-refractivity contribution in [2.75, 3.05) is 39.3 Å². The summed E-state index contributed by atoms with van der Waals surface area (Å²) >= 11 is 0. The molecule has 2 rings (SSSR count). The summed E-state index contributed by atoms with van der Waals surface area (Å²) in [4.78, 5) is 15.0. The van der Waals surface area contributed by atoms with Gasteiger partial charge in [0.15, 0.2) is 0 Å². The van der Waals surface area contributed by atoms with Gasteiger partial charge in [0.2, 0.25) is 0 Å². The molecular weight excluding hydrogens is 311 g/mol. The van der Waals surface area contributed by atoms with Crippen LogP contribution in [0.25, 0.3) is 0 Å². The predicted molar refractivity (Wildman–Crippen MR) is 80.0 cm³/mol. The first-order chi connectivity index (χ1) is 10.5. The molecule has 5 nitrogen and oxygen atoms in total. The second-order valence-electron chi connectivity index (χ2n) is 7.28. The molecule has 0 aliphatic carbocycles. The predicted octanol–water partition coefficient (Wildman–Crippen LogP) is 1.67. The van der Waals surface area contributed by atoms with E-state index in [1.165, 1.54) is 4.90 Å². The summed E-state index contributed by atoms with van der Waals surface area (Å²) in [5.74, 6) is 0.327. The third-order valence-electron chi connectivity index (χ3n) is 4.82. The summed E-state index contributed by atoms with van der Waals surface area (Å²) in [6.07, 6.45) is -2.80. The van der Waals surface area contributed by atoms with Crippen molar-refractivity contribution in [2.45, 2.75) is 38.5 Å². The lowest BCUT2D eigenvalue weighted by atomic mass is 9.85. The molecular formula is C15H26F3N3O2. The molecule has 23 heavy (non-hydrogen) atoms. The molecule has 0 radical (unpaired) electrons. The first-order valence-electron chi connectivity index (χ1n) is 8.09. The Hall–Kier alpha value is -1.02. The molecule has 2 amide bonds. The number of carbonyl (C=O) groups excluding carboxylic acids is 1. The summed E-state index contributed by atoms with van der Waals surface area (Å²) < 4.78 is 37.0. The van der Waals surface area contributed by atoms with Gasteiger partial charge in [-0.1, -0.05) is 0 Å². The number of hydrogen-bond donors (Lipinski definition) is 2. The number of carbonyl (C=O) groups is 1. The second kappa shape index (κ2) is 6.84. The Bertz CT molecular complexity index is 409. The van der Waals surface area contributed by atoms with Gasteiger partial charge in [0.1, 0.15) is 0 Å². The van der Waals surface area contributed by atoms with Crippen LogP contribution >= 0.6 is 0 Å². The van der Waals surface area contributed by atoms with Gasteiger partial charge in [-0.2, -0.15) is 13.2 Å². The summed E-state index contributed by atoms with van der Waals surface area (Å²) in [6.45, 7) is 5.05. The maximum Gasteiger partial charge on any atom is 0.401 e. The summed E-state index contributed by atoms with van der Waals surface area (Å²) in [7, 11) is 0. The van der Waals surface area contributed by atoms with Crippen molar-refractivity contribution in [3.63, 3.8) is 0 Å². The van der Waals surface area contributed by atoms with E-state index in [4.69, 9.17) is 0 Å². The van der Waals surface area contributed by atoms with Gasteiger partial charge in [-0.3, -0.25) is 4.90 Å². The van der Waals surface area contributed by atoms with E-state index < -0.39 is 18.3 Å². The first-order valence-corrected chi connectivity index (χ1v) is 8.09. The maximum absolute atomic E-state index is 12.3. The van der Waals surface area contributed by atoms with E-state index in [9.17, 15) is 23.1 Å². The highest BCUT2D eigenvalue weighted by molar-refractivity contribution is 5.75. The molecule has 0 spiro atoms. The van der Waals surface area contributed by atoms with E-state index in [1.54, 1.807) is 18.7 Å². The third-order valence-corrected chi connectivity index (χ3v) is 4.82. The molecule has 2 aliphatic rings. The normalized spacial score (nSPS) is 22.1. The largest absolute Gasteiger partial charge is 0.401 e. The number of halogens is 3. The highest BCUT2D eigenvalue weighted by Crippen LogP contribution is 2.27. The third kappa shape index (κ3) is 5.53. The van der Waals surface area contributed by atoms with Crippen LogP contribution in [0.2, 0.25) is 0 Å². The highest BCUT2D eigenvalue weighted by atomic mass is 19.4. The topological polar surface area (TPSA) is 55.8 Å². The van der Waals surface area contributed by atoms with E-state index >= 15 is 0 Å². The zero-order chi connectivity index (χ0) is 17.3. The molecule has 8 heteroatoms. The van der Waals surface area contributed by atoms with E-state index in [0.717, 1.165) is 0 Å². The molecule has 0 aromatic carbocycles. The minimum atomic E-state index is -4.14. The average molecular weight is 337 g/mol. The van der Waals surface area contributed by atoms with Gasteiger partial charge in [-0.25, -0.2) is 4.79 Å². The minimum absolute atomic E-state index is 0.0962. The molecule has 0 unspecified atom stereocenters. The Morgan fingerprint density at radius 2 is 1.78 bits per heavy atom. The van der Waals surface area contributed by atoms with Crippen LogP contribution in [-0.2, 0) is 0 Å². The molecule has 0 bridgehead atoms. The number of likely N-dealkylation sites (tertiary alicyclic amines) is 2. The van der Waals surface area contributed by atoms with Crippen molar-refractivity contribution in [1.82, 2.24) is 15.1 Å². The van der Waals surface area contributed by atoms with Crippen molar-refractivity contribution in [1.29, 1.82) is 0 Å². The smallest absolute Gasteiger partial charge is 0.390 e. The second-order valence-corrected chi connectivity index (χ2v) is 7.28. The van der Waals surface area contributed by atoms with Crippen LogP contribution in [0.1, 0.15) is 26.7 Å². The summed E-state index contributed by atoms with van der Waals surface area (Å²) in [5, 5.41) is 12.7. The van der Waals surface area contributed by atoms with E-state index in [2.05, 4.69) is 5.32 Å². The van der Waals surface area contributed by atoms with E-state index in [1.807, 2.05) is 0 Å². The number of nitrogens with one attached hydrogen (secondary N) is 1. The molecule has 0 saturated carbocycles. The fourth-order valence-electron chi connectivity index (χ4n) is 3.04. The molecule has 0 atom stereocenters. The van der Waals surface area contributed by atoms with Gasteiger partial charge in [-0.05, 0) is 45.7 Å². The Morgan fingerprint density at radius 3 is 2.26 bits per heavy atom. The first kappa shape index (κ1) is 18.3. The van der Waals surface area contributed by atoms with Crippen LogP contribution in [0.3, 0.4) is 0 Å². The molecule has 2 heterocycles. The van der Waals surface area contributed by atoms with Crippen LogP contribution in [0.15, 0.2) is 0 Å². The number of rotatable bonds is 4. The minimum Gasteiger partial charge on any atom is -0.390 e. The summed E-state index contributed by atoms with van der Waals surface area (Å²) in [6, 6.07) is -0.150. The maximum atomic E-state index is 12.3. The summed E-state index contributed by atoms with van der Waals surface area (Å²) in [5.41, 5.74) is -0.776. The fourth-order valence-corrected chi connectivity index (χ4v) is 3.04. The number of piperidine rings is 1. The number of alkyl halides is 3. The Balaban J connectivity index is 1.62. The van der Waals surface area contributed by atoms with Crippen molar-refractivity contribution >= 4 is 6.03 Å². The van der Waals surface area contributed by atoms with Crippen molar-refractivity contribution in [2.24, 2.45) is 11.8 Å². The molecule has 2 N–H and O–H groups in total. The fraction of sp³-hybridized carbons (Fsp3) is 0.933. The number of amides is 2. The molecule has 0 aromatic rings. The molecule has 2 fully saturated rings. The number of aliphatic hydroxyl groups is 1. The Morgan fingerprint density at radius 1 is 1.22 bits per heavy atom. The van der Waals surface area contributed by atoms with Gasteiger partial charge in [0.25, 0.3) is 0 Å². The number of hydrogen-bond acceptors (Lipinski definition) is 3. The van der Waals surface area contributed by atoms with Crippen LogP contribution < -0.4 is 5.32 Å². The standard InChI is InChI=1S/C15H26F3N3O2/c1-14(2,23)12-8-21(9-12)13(22)19-7-11-3-5-20(6-4-11)10-15(16,17)18/h11-12,23H,3-10H2,1-2H3,(H,19,22). The zero-order valence-corrected chi connectivity index (χ0v) is 13.7.